The minimum atomic E-state index is -0.719. The highest BCUT2D eigenvalue weighted by molar-refractivity contribution is 7.12. The normalized spacial score (nSPS) is 12.0. The summed E-state index contributed by atoms with van der Waals surface area (Å²) in [6.07, 6.45) is 2.67. The summed E-state index contributed by atoms with van der Waals surface area (Å²) in [6, 6.07) is 10.7. The van der Waals surface area contributed by atoms with E-state index < -0.39 is 6.04 Å². The molecule has 9 heteroatoms. The Bertz CT molecular complexity index is 1150. The largest absolute Gasteiger partial charge is 0.361 e. The molecule has 3 heterocycles. The summed E-state index contributed by atoms with van der Waals surface area (Å²) in [4.78, 5) is 33.4. The first-order valence-corrected chi connectivity index (χ1v) is 10.4. The van der Waals surface area contributed by atoms with Crippen molar-refractivity contribution in [3.05, 3.63) is 70.1 Å². The fourth-order valence-corrected chi connectivity index (χ4v) is 3.85. The minimum absolute atomic E-state index is 0.263. The highest BCUT2D eigenvalue weighted by Crippen LogP contribution is 2.19. The zero-order valence-electron chi connectivity index (χ0n) is 16.3. The average molecular weight is 423 g/mol. The fourth-order valence-electron chi connectivity index (χ4n) is 3.22. The van der Waals surface area contributed by atoms with Gasteiger partial charge in [0.2, 0.25) is 11.8 Å². The van der Waals surface area contributed by atoms with Crippen molar-refractivity contribution in [3.8, 4) is 0 Å². The predicted octanol–water partition coefficient (Wildman–Crippen LogP) is 2.62. The third-order valence-electron chi connectivity index (χ3n) is 4.67. The first-order chi connectivity index (χ1) is 14.6. The smallest absolute Gasteiger partial charge is 0.262 e. The van der Waals surface area contributed by atoms with Gasteiger partial charge in [-0.2, -0.15) is 4.98 Å². The van der Waals surface area contributed by atoms with Crippen LogP contribution >= 0.6 is 11.3 Å². The van der Waals surface area contributed by atoms with Gasteiger partial charge in [0.15, 0.2) is 5.82 Å². The number of nitrogens with zero attached hydrogens (tertiary/aromatic N) is 2. The van der Waals surface area contributed by atoms with Crippen molar-refractivity contribution in [2.45, 2.75) is 25.8 Å². The van der Waals surface area contributed by atoms with Crippen LogP contribution in [0.3, 0.4) is 0 Å². The van der Waals surface area contributed by atoms with Gasteiger partial charge in [-0.1, -0.05) is 29.4 Å². The molecular formula is C21H21N5O3S. The van der Waals surface area contributed by atoms with Crippen molar-refractivity contribution in [2.75, 3.05) is 6.54 Å². The lowest BCUT2D eigenvalue weighted by atomic mass is 10.0. The average Bonchev–Trinajstić information content (AvgIpc) is 3.49. The van der Waals surface area contributed by atoms with Crippen LogP contribution in [0.25, 0.3) is 10.9 Å². The summed E-state index contributed by atoms with van der Waals surface area (Å²) in [5.41, 5.74) is 1.95. The van der Waals surface area contributed by atoms with E-state index in [1.54, 1.807) is 19.1 Å². The van der Waals surface area contributed by atoms with Crippen molar-refractivity contribution in [1.82, 2.24) is 25.8 Å². The summed E-state index contributed by atoms with van der Waals surface area (Å²) in [7, 11) is 0. The molecule has 0 saturated carbocycles. The van der Waals surface area contributed by atoms with Crippen molar-refractivity contribution in [1.29, 1.82) is 0 Å². The number of fused-ring (bicyclic) bond motifs is 1. The van der Waals surface area contributed by atoms with Gasteiger partial charge < -0.3 is 20.1 Å². The molecule has 0 aliphatic rings. The van der Waals surface area contributed by atoms with Crippen LogP contribution in [0, 0.1) is 6.92 Å². The molecule has 4 aromatic rings. The molecule has 154 valence electrons. The molecule has 0 bridgehead atoms. The zero-order chi connectivity index (χ0) is 20.9. The van der Waals surface area contributed by atoms with E-state index in [4.69, 9.17) is 4.52 Å². The van der Waals surface area contributed by atoms with Gasteiger partial charge in [-0.05, 0) is 30.0 Å². The van der Waals surface area contributed by atoms with Crippen molar-refractivity contribution >= 4 is 34.1 Å². The van der Waals surface area contributed by atoms with Crippen LogP contribution < -0.4 is 10.6 Å². The molecule has 3 aromatic heterocycles. The number of hydrogen-bond acceptors (Lipinski definition) is 6. The fraction of sp³-hybridized carbons (Fsp3) is 0.238. The molecule has 1 aromatic carbocycles. The number of thiophene rings is 1. The number of benzene rings is 1. The second-order valence-electron chi connectivity index (χ2n) is 6.84. The third kappa shape index (κ3) is 4.57. The molecule has 0 aliphatic carbocycles. The van der Waals surface area contributed by atoms with E-state index in [0.717, 1.165) is 16.5 Å². The number of carbonyl (C=O) groups excluding carboxylic acids is 2. The van der Waals surface area contributed by atoms with Gasteiger partial charge in [0.1, 0.15) is 6.04 Å². The van der Waals surface area contributed by atoms with E-state index in [1.165, 1.54) is 11.3 Å². The van der Waals surface area contributed by atoms with Crippen molar-refractivity contribution in [3.63, 3.8) is 0 Å². The van der Waals surface area contributed by atoms with Gasteiger partial charge >= 0.3 is 0 Å². The quantitative estimate of drug-likeness (QED) is 0.403. The molecule has 0 saturated heterocycles. The Hall–Kier alpha value is -3.46. The lowest BCUT2D eigenvalue weighted by Crippen LogP contribution is -2.48. The van der Waals surface area contributed by atoms with Crippen molar-refractivity contribution < 1.29 is 14.1 Å². The molecule has 2 amide bonds. The number of nitrogens with one attached hydrogen (secondary N) is 3. The Morgan fingerprint density at radius 3 is 2.87 bits per heavy atom. The highest BCUT2D eigenvalue weighted by atomic mass is 32.1. The van der Waals surface area contributed by atoms with Gasteiger partial charge in [0.25, 0.3) is 5.91 Å². The van der Waals surface area contributed by atoms with Crippen LogP contribution in [0.2, 0.25) is 0 Å². The monoisotopic (exact) mass is 423 g/mol. The molecule has 0 fully saturated rings. The van der Waals surface area contributed by atoms with Crippen LogP contribution in [0.15, 0.2) is 52.5 Å². The molecule has 8 nitrogen and oxygen atoms in total. The van der Waals surface area contributed by atoms with Crippen molar-refractivity contribution in [2.24, 2.45) is 0 Å². The number of carbonyl (C=O) groups is 2. The summed E-state index contributed by atoms with van der Waals surface area (Å²) in [5, 5.41) is 12.3. The van der Waals surface area contributed by atoms with Gasteiger partial charge in [0, 0.05) is 36.5 Å². The number of aromatic amines is 1. The highest BCUT2D eigenvalue weighted by Gasteiger charge is 2.23. The summed E-state index contributed by atoms with van der Waals surface area (Å²) in [5.74, 6) is 0.485. The van der Waals surface area contributed by atoms with Gasteiger partial charge in [-0.15, -0.1) is 11.3 Å². The Balaban J connectivity index is 1.47. The third-order valence-corrected chi connectivity index (χ3v) is 5.54. The molecule has 30 heavy (non-hydrogen) atoms. The van der Waals surface area contributed by atoms with E-state index >= 15 is 0 Å². The molecule has 0 radical (unpaired) electrons. The Labute approximate surface area is 176 Å². The SMILES string of the molecule is Cc1noc(CCNC(=O)C(Cc2c[nH]c3ccccc23)NC(=O)c2cccs2)n1. The Kier molecular flexibility index (Phi) is 5.89. The van der Waals surface area contributed by atoms with E-state index in [2.05, 4.69) is 25.8 Å². The lowest BCUT2D eigenvalue weighted by Gasteiger charge is -2.18. The summed E-state index contributed by atoms with van der Waals surface area (Å²) >= 11 is 1.34. The second kappa shape index (κ2) is 8.91. The molecule has 1 unspecified atom stereocenters. The molecule has 3 N–H and O–H groups in total. The first-order valence-electron chi connectivity index (χ1n) is 9.56. The standard InChI is InChI=1S/C21H21N5O3S/c1-13-24-19(29-26-13)8-9-22-20(27)17(25-21(28)18-7-4-10-30-18)11-14-12-23-16-6-3-2-5-15(14)16/h2-7,10,12,17,23H,8-9,11H2,1H3,(H,22,27)(H,25,28). The Morgan fingerprint density at radius 2 is 2.10 bits per heavy atom. The minimum Gasteiger partial charge on any atom is -0.361 e. The van der Waals surface area contributed by atoms with Crippen LogP contribution in [0.5, 0.6) is 0 Å². The number of rotatable bonds is 8. The maximum atomic E-state index is 12.9. The molecule has 4 rings (SSSR count). The van der Waals surface area contributed by atoms with Gasteiger partial charge in [0.05, 0.1) is 4.88 Å². The van der Waals surface area contributed by atoms with Crippen LogP contribution in [-0.2, 0) is 17.6 Å². The molecule has 0 spiro atoms. The first kappa shape index (κ1) is 19.8. The van der Waals surface area contributed by atoms with Crippen LogP contribution in [0.4, 0.5) is 0 Å². The van der Waals surface area contributed by atoms with Crippen LogP contribution in [-0.4, -0.2) is 39.5 Å². The zero-order valence-corrected chi connectivity index (χ0v) is 17.2. The number of amides is 2. The maximum absolute atomic E-state index is 12.9. The number of hydrogen-bond donors (Lipinski definition) is 3. The van der Waals surface area contributed by atoms with Gasteiger partial charge in [-0.25, -0.2) is 0 Å². The second-order valence-corrected chi connectivity index (χ2v) is 7.79. The lowest BCUT2D eigenvalue weighted by molar-refractivity contribution is -0.122. The number of H-pyrrole nitrogens is 1. The topological polar surface area (TPSA) is 113 Å². The van der Waals surface area contributed by atoms with Crippen LogP contribution in [0.1, 0.15) is 27.0 Å². The van der Waals surface area contributed by atoms with E-state index in [9.17, 15) is 9.59 Å². The maximum Gasteiger partial charge on any atom is 0.262 e. The van der Waals surface area contributed by atoms with E-state index in [-0.39, 0.29) is 11.8 Å². The molecular weight excluding hydrogens is 402 g/mol. The van der Waals surface area contributed by atoms with Gasteiger partial charge in [-0.3, -0.25) is 9.59 Å². The predicted molar refractivity (Wildman–Crippen MR) is 113 cm³/mol. The summed E-state index contributed by atoms with van der Waals surface area (Å²) in [6.45, 7) is 2.07. The number of aromatic nitrogens is 3. The number of aryl methyl sites for hydroxylation is 1. The van der Waals surface area contributed by atoms with E-state index in [0.29, 0.717) is 36.0 Å². The Morgan fingerprint density at radius 1 is 1.23 bits per heavy atom. The molecule has 1 atom stereocenters. The van der Waals surface area contributed by atoms with E-state index in [1.807, 2.05) is 35.8 Å². The molecule has 0 aliphatic heterocycles. The number of para-hydroxylation sites is 1. The summed E-state index contributed by atoms with van der Waals surface area (Å²) < 4.78 is 5.07.